The predicted molar refractivity (Wildman–Crippen MR) is 183 cm³/mol. The summed E-state index contributed by atoms with van der Waals surface area (Å²) in [5, 5.41) is 3.14. The Morgan fingerprint density at radius 2 is 1.77 bits per heavy atom. The molecule has 5 rings (SSSR count). The number of piperazine rings is 1. The van der Waals surface area contributed by atoms with E-state index in [1.165, 1.54) is 28.7 Å². The molecule has 230 valence electrons. The summed E-state index contributed by atoms with van der Waals surface area (Å²) in [6, 6.07) is 18.3. The summed E-state index contributed by atoms with van der Waals surface area (Å²) < 4.78 is 5.40. The Kier molecular flexibility index (Phi) is 10.5. The number of benzene rings is 2. The van der Waals surface area contributed by atoms with Crippen LogP contribution in [0.2, 0.25) is 0 Å². The summed E-state index contributed by atoms with van der Waals surface area (Å²) >= 11 is 0. The molecule has 7 nitrogen and oxygen atoms in total. The normalized spacial score (nSPS) is 16.0. The summed E-state index contributed by atoms with van der Waals surface area (Å²) in [6.07, 6.45) is 13.3. The fourth-order valence-electron chi connectivity index (χ4n) is 5.94. The largest absolute Gasteiger partial charge is 0.459 e. The highest BCUT2D eigenvalue weighted by Crippen LogP contribution is 2.31. The van der Waals surface area contributed by atoms with Gasteiger partial charge < -0.3 is 24.4 Å². The summed E-state index contributed by atoms with van der Waals surface area (Å²) in [5.74, 6) is 0.0364. The van der Waals surface area contributed by atoms with Gasteiger partial charge in [-0.3, -0.25) is 9.79 Å². The molecule has 1 saturated heterocycles. The second-order valence-electron chi connectivity index (χ2n) is 11.8. The van der Waals surface area contributed by atoms with Crippen LogP contribution in [0.5, 0.6) is 0 Å². The Labute approximate surface area is 262 Å². The van der Waals surface area contributed by atoms with Crippen molar-refractivity contribution < 1.29 is 9.21 Å². The third-order valence-corrected chi connectivity index (χ3v) is 8.22. The molecule has 0 bridgehead atoms. The zero-order chi connectivity index (χ0) is 30.9. The van der Waals surface area contributed by atoms with Crippen LogP contribution in [0.1, 0.15) is 47.9 Å². The first-order valence-electron chi connectivity index (χ1n) is 15.7. The minimum absolute atomic E-state index is 0.256. The number of carbonyl (C=O) groups is 1. The number of nitrogens with zero attached hydrogens (tertiary/aromatic N) is 4. The van der Waals surface area contributed by atoms with E-state index in [-0.39, 0.29) is 5.91 Å². The van der Waals surface area contributed by atoms with Crippen molar-refractivity contribution in [3.05, 3.63) is 113 Å². The van der Waals surface area contributed by atoms with Crippen molar-refractivity contribution in [1.29, 1.82) is 0 Å². The number of anilines is 3. The minimum Gasteiger partial charge on any atom is -0.459 e. The smallest absolute Gasteiger partial charge is 0.291 e. The van der Waals surface area contributed by atoms with Gasteiger partial charge in [0.1, 0.15) is 0 Å². The molecule has 1 fully saturated rings. The van der Waals surface area contributed by atoms with Gasteiger partial charge in [0.25, 0.3) is 5.91 Å². The number of rotatable bonds is 10. The number of hydrogen-bond acceptors (Lipinski definition) is 6. The second kappa shape index (κ2) is 14.9. The molecule has 2 aromatic carbocycles. The third-order valence-electron chi connectivity index (χ3n) is 8.22. The van der Waals surface area contributed by atoms with Gasteiger partial charge in [0, 0.05) is 44.1 Å². The molecule has 0 spiro atoms. The Morgan fingerprint density at radius 3 is 2.48 bits per heavy atom. The highest BCUT2D eigenvalue weighted by atomic mass is 16.3. The molecule has 44 heavy (non-hydrogen) atoms. The van der Waals surface area contributed by atoms with Gasteiger partial charge in [0.15, 0.2) is 5.76 Å². The maximum atomic E-state index is 13.1. The lowest BCUT2D eigenvalue weighted by atomic mass is 10.0. The van der Waals surface area contributed by atoms with E-state index in [1.807, 2.05) is 0 Å². The molecule has 1 aliphatic heterocycles. The first-order chi connectivity index (χ1) is 21.4. The van der Waals surface area contributed by atoms with E-state index >= 15 is 0 Å². The van der Waals surface area contributed by atoms with Gasteiger partial charge in [-0.15, -0.1) is 0 Å². The summed E-state index contributed by atoms with van der Waals surface area (Å²) in [4.78, 5) is 25.2. The molecule has 2 heterocycles. The monoisotopic (exact) mass is 591 g/mol. The fourth-order valence-corrected chi connectivity index (χ4v) is 5.94. The molecule has 2 aliphatic rings. The molecule has 0 radical (unpaired) electrons. The van der Waals surface area contributed by atoms with Crippen LogP contribution in [0, 0.1) is 6.92 Å². The Hall–Kier alpha value is -4.36. The second-order valence-corrected chi connectivity index (χ2v) is 11.8. The zero-order valence-corrected chi connectivity index (χ0v) is 26.6. The van der Waals surface area contributed by atoms with E-state index in [9.17, 15) is 4.79 Å². The van der Waals surface area contributed by atoms with E-state index in [4.69, 9.17) is 9.41 Å². The van der Waals surface area contributed by atoms with Crippen molar-refractivity contribution >= 4 is 28.7 Å². The first kappa shape index (κ1) is 31.1. The van der Waals surface area contributed by atoms with Gasteiger partial charge in [-0.2, -0.15) is 0 Å². The van der Waals surface area contributed by atoms with Crippen LogP contribution in [0.15, 0.2) is 106 Å². The highest BCUT2D eigenvalue weighted by molar-refractivity contribution is 6.07. The molecule has 1 N–H and O–H groups in total. The van der Waals surface area contributed by atoms with Crippen LogP contribution in [0.25, 0.3) is 0 Å². The van der Waals surface area contributed by atoms with Crippen LogP contribution in [-0.4, -0.2) is 69.9 Å². The molecule has 1 aromatic heterocycles. The average Bonchev–Trinajstić information content (AvgIpc) is 3.55. The molecule has 3 aromatic rings. The molecule has 0 atom stereocenters. The lowest BCUT2D eigenvalue weighted by Gasteiger charge is -2.38. The highest BCUT2D eigenvalue weighted by Gasteiger charge is 2.22. The van der Waals surface area contributed by atoms with Crippen LogP contribution >= 0.6 is 0 Å². The predicted octanol–water partition coefficient (Wildman–Crippen LogP) is 7.13. The number of likely N-dealkylation sites (N-methyl/N-ethyl adjacent to an activating group) is 1. The fraction of sp³-hybridized carbons (Fsp3) is 0.351. The van der Waals surface area contributed by atoms with Crippen molar-refractivity contribution in [3.8, 4) is 0 Å². The van der Waals surface area contributed by atoms with E-state index in [1.54, 1.807) is 12.1 Å². The van der Waals surface area contributed by atoms with Crippen LogP contribution in [-0.2, 0) is 0 Å². The Bertz CT molecular complexity index is 1540. The van der Waals surface area contributed by atoms with Crippen molar-refractivity contribution in [1.82, 2.24) is 4.90 Å². The molecular formula is C37H45N5O2. The SMILES string of the molecule is CCC(=NCC1=CCCC(CN(C)C)=CC=C1)c1ccc(N2CCN(c3ccccc3C)CC2)c(NC(=O)c2ccco2)c1. The molecule has 0 unspecified atom stereocenters. The van der Waals surface area contributed by atoms with Crippen molar-refractivity contribution in [2.24, 2.45) is 4.99 Å². The zero-order valence-electron chi connectivity index (χ0n) is 26.6. The Balaban J connectivity index is 1.35. The summed E-state index contributed by atoms with van der Waals surface area (Å²) in [7, 11) is 4.22. The number of aliphatic imine (C=N–C) groups is 1. The van der Waals surface area contributed by atoms with Gasteiger partial charge in [0.05, 0.1) is 24.2 Å². The van der Waals surface area contributed by atoms with E-state index in [0.717, 1.165) is 74.6 Å². The molecular weight excluding hydrogens is 546 g/mol. The molecule has 7 heteroatoms. The van der Waals surface area contributed by atoms with Crippen LogP contribution in [0.4, 0.5) is 17.1 Å². The number of aryl methyl sites for hydroxylation is 1. The topological polar surface area (TPSA) is 64.3 Å². The first-order valence-corrected chi connectivity index (χ1v) is 15.7. The lowest BCUT2D eigenvalue weighted by molar-refractivity contribution is 0.0996. The number of furan rings is 1. The van der Waals surface area contributed by atoms with Gasteiger partial charge in [-0.1, -0.05) is 61.1 Å². The van der Waals surface area contributed by atoms with Crippen molar-refractivity contribution in [2.75, 3.05) is 68.5 Å². The standard InChI is InChI=1S/C37H45N5O2/c1-5-32(38-26-29-12-8-14-30(15-9-13-29)27-40(3)4)31-18-19-35(33(25-31)39-37(43)36-17-10-24-44-36)42-22-20-41(21-23-42)34-16-7-6-11-28(34)2/h6-8,10-14,16-19,24-25H,5,9,15,20-23,26-27H2,1-4H3,(H,39,43). The maximum absolute atomic E-state index is 13.1. The molecule has 0 saturated carbocycles. The number of amides is 1. The number of carbonyl (C=O) groups excluding carboxylic acids is 1. The quantitative estimate of drug-likeness (QED) is 0.254. The van der Waals surface area contributed by atoms with E-state index in [2.05, 4.69) is 115 Å². The van der Waals surface area contributed by atoms with Crippen molar-refractivity contribution in [3.63, 3.8) is 0 Å². The molecule has 1 aliphatic carbocycles. The summed E-state index contributed by atoms with van der Waals surface area (Å²) in [6.45, 7) is 9.46. The Morgan fingerprint density at radius 1 is 1.00 bits per heavy atom. The van der Waals surface area contributed by atoms with Crippen molar-refractivity contribution in [2.45, 2.75) is 33.1 Å². The summed E-state index contributed by atoms with van der Waals surface area (Å²) in [5.41, 5.74) is 9.09. The van der Waals surface area contributed by atoms with Gasteiger partial charge >= 0.3 is 0 Å². The van der Waals surface area contributed by atoms with Crippen LogP contribution < -0.4 is 15.1 Å². The van der Waals surface area contributed by atoms with Gasteiger partial charge in [0.2, 0.25) is 0 Å². The minimum atomic E-state index is -0.256. The average molecular weight is 592 g/mol. The van der Waals surface area contributed by atoms with E-state index < -0.39 is 0 Å². The third kappa shape index (κ3) is 7.97. The molecule has 1 amide bonds. The van der Waals surface area contributed by atoms with Gasteiger partial charge in [-0.25, -0.2) is 0 Å². The number of nitrogens with one attached hydrogen (secondary N) is 1. The lowest BCUT2D eigenvalue weighted by Crippen LogP contribution is -2.47. The van der Waals surface area contributed by atoms with Crippen LogP contribution in [0.3, 0.4) is 0 Å². The number of hydrogen-bond donors (Lipinski definition) is 1. The maximum Gasteiger partial charge on any atom is 0.291 e. The van der Waals surface area contributed by atoms with E-state index in [0.29, 0.717) is 12.3 Å². The van der Waals surface area contributed by atoms with Gasteiger partial charge in [-0.05, 0) is 87.3 Å². The number of allylic oxidation sites excluding steroid dienone is 3. The number of para-hydroxylation sites is 1.